The molecule has 0 aliphatic rings. The lowest BCUT2D eigenvalue weighted by molar-refractivity contribution is 0.596. The number of hydrogen-bond donors (Lipinski definition) is 0. The molecule has 124 valence electrons. The van der Waals surface area contributed by atoms with Gasteiger partial charge in [-0.1, -0.05) is 51.1 Å². The van der Waals surface area contributed by atoms with Crippen molar-refractivity contribution in [3.8, 4) is 0 Å². The third-order valence-corrected chi connectivity index (χ3v) is 6.46. The molecule has 25 heavy (non-hydrogen) atoms. The standard InChI is InChI=1S/C23H21NS/c1-23(2,3)17-9-7-11-20-22(17)16-12-19-15(13-21(16)25-20)14-8-5-6-10-18(14)24(19)4/h5-13H,1-4H3. The monoisotopic (exact) mass is 343 g/mol. The fourth-order valence-corrected chi connectivity index (χ4v) is 5.26. The molecule has 0 fully saturated rings. The number of thiophene rings is 1. The van der Waals surface area contributed by atoms with Crippen molar-refractivity contribution in [2.75, 3.05) is 0 Å². The van der Waals surface area contributed by atoms with Gasteiger partial charge in [0.15, 0.2) is 0 Å². The van der Waals surface area contributed by atoms with Gasteiger partial charge in [-0.2, -0.15) is 0 Å². The molecule has 0 unspecified atom stereocenters. The van der Waals surface area contributed by atoms with Gasteiger partial charge in [-0.15, -0.1) is 11.3 Å². The van der Waals surface area contributed by atoms with E-state index in [-0.39, 0.29) is 5.41 Å². The predicted octanol–water partition coefficient (Wildman–Crippen LogP) is 7.00. The van der Waals surface area contributed by atoms with Gasteiger partial charge < -0.3 is 4.57 Å². The molecule has 2 heteroatoms. The Balaban J connectivity index is 2.01. The summed E-state index contributed by atoms with van der Waals surface area (Å²) in [6.07, 6.45) is 0. The van der Waals surface area contributed by atoms with E-state index in [9.17, 15) is 0 Å². The van der Waals surface area contributed by atoms with Crippen molar-refractivity contribution in [3.05, 3.63) is 60.2 Å². The molecule has 0 aliphatic carbocycles. The minimum absolute atomic E-state index is 0.140. The molecule has 0 N–H and O–H groups in total. The topological polar surface area (TPSA) is 4.93 Å². The Kier molecular flexibility index (Phi) is 2.91. The average Bonchev–Trinajstić information content (AvgIpc) is 3.08. The Hall–Kier alpha value is -2.32. The number of aryl methyl sites for hydroxylation is 1. The Morgan fingerprint density at radius 2 is 1.56 bits per heavy atom. The Bertz CT molecular complexity index is 1280. The highest BCUT2D eigenvalue weighted by molar-refractivity contribution is 7.26. The molecule has 0 saturated carbocycles. The minimum Gasteiger partial charge on any atom is -0.344 e. The summed E-state index contributed by atoms with van der Waals surface area (Å²) in [7, 11) is 2.18. The van der Waals surface area contributed by atoms with Crippen molar-refractivity contribution in [2.24, 2.45) is 7.05 Å². The number of nitrogens with zero attached hydrogens (tertiary/aromatic N) is 1. The first-order valence-corrected chi connectivity index (χ1v) is 9.60. The number of para-hydroxylation sites is 1. The van der Waals surface area contributed by atoms with Gasteiger partial charge in [0, 0.05) is 49.0 Å². The maximum atomic E-state index is 2.40. The molecule has 0 atom stereocenters. The maximum Gasteiger partial charge on any atom is 0.0495 e. The second kappa shape index (κ2) is 4.86. The van der Waals surface area contributed by atoms with Crippen LogP contribution >= 0.6 is 11.3 Å². The Morgan fingerprint density at radius 3 is 2.36 bits per heavy atom. The highest BCUT2D eigenvalue weighted by Crippen LogP contribution is 2.42. The van der Waals surface area contributed by atoms with E-state index >= 15 is 0 Å². The van der Waals surface area contributed by atoms with Gasteiger partial charge in [-0.05, 0) is 35.2 Å². The Morgan fingerprint density at radius 1 is 0.760 bits per heavy atom. The van der Waals surface area contributed by atoms with Crippen molar-refractivity contribution < 1.29 is 0 Å². The van der Waals surface area contributed by atoms with Crippen molar-refractivity contribution in [3.63, 3.8) is 0 Å². The summed E-state index contributed by atoms with van der Waals surface area (Å²) < 4.78 is 5.10. The molecule has 3 aromatic carbocycles. The summed E-state index contributed by atoms with van der Waals surface area (Å²) in [6.45, 7) is 6.92. The van der Waals surface area contributed by atoms with Crippen LogP contribution in [0.15, 0.2) is 54.6 Å². The molecule has 0 bridgehead atoms. The third-order valence-electron chi connectivity index (χ3n) is 5.34. The molecular weight excluding hydrogens is 322 g/mol. The lowest BCUT2D eigenvalue weighted by Crippen LogP contribution is -2.11. The zero-order valence-corrected chi connectivity index (χ0v) is 15.9. The van der Waals surface area contributed by atoms with Gasteiger partial charge in [-0.3, -0.25) is 0 Å². The van der Waals surface area contributed by atoms with E-state index in [0.29, 0.717) is 0 Å². The van der Waals surface area contributed by atoms with E-state index in [1.54, 1.807) is 0 Å². The molecule has 0 amide bonds. The third kappa shape index (κ3) is 2.01. The summed E-state index contributed by atoms with van der Waals surface area (Å²) in [4.78, 5) is 0. The van der Waals surface area contributed by atoms with E-state index in [2.05, 4.69) is 87.0 Å². The van der Waals surface area contributed by atoms with E-state index in [4.69, 9.17) is 0 Å². The van der Waals surface area contributed by atoms with Crippen LogP contribution in [0.2, 0.25) is 0 Å². The van der Waals surface area contributed by atoms with Crippen LogP contribution in [0.1, 0.15) is 26.3 Å². The van der Waals surface area contributed by atoms with Crippen molar-refractivity contribution in [1.82, 2.24) is 4.57 Å². The minimum atomic E-state index is 0.140. The number of benzene rings is 3. The van der Waals surface area contributed by atoms with Crippen LogP contribution in [0, 0.1) is 0 Å². The zero-order chi connectivity index (χ0) is 17.3. The van der Waals surface area contributed by atoms with Crippen LogP contribution in [0.4, 0.5) is 0 Å². The Labute approximate surface area is 151 Å². The van der Waals surface area contributed by atoms with E-state index in [1.807, 2.05) is 11.3 Å². The second-order valence-corrected chi connectivity index (χ2v) is 9.06. The quantitative estimate of drug-likeness (QED) is 0.285. The summed E-state index contributed by atoms with van der Waals surface area (Å²) in [5.41, 5.74) is 4.20. The van der Waals surface area contributed by atoms with Crippen molar-refractivity contribution in [2.45, 2.75) is 26.2 Å². The van der Waals surface area contributed by atoms with E-state index in [1.165, 1.54) is 47.5 Å². The maximum absolute atomic E-state index is 2.40. The molecule has 0 saturated heterocycles. The van der Waals surface area contributed by atoms with Crippen LogP contribution in [0.3, 0.4) is 0 Å². The highest BCUT2D eigenvalue weighted by atomic mass is 32.1. The molecule has 5 aromatic rings. The van der Waals surface area contributed by atoms with Crippen molar-refractivity contribution in [1.29, 1.82) is 0 Å². The SMILES string of the molecule is Cn1c2ccccc2c2cc3sc4cccc(C(C)(C)C)c4c3cc21. The van der Waals surface area contributed by atoms with Crippen LogP contribution in [0.25, 0.3) is 42.0 Å². The highest BCUT2D eigenvalue weighted by Gasteiger charge is 2.20. The molecule has 2 aromatic heterocycles. The van der Waals surface area contributed by atoms with Gasteiger partial charge in [0.2, 0.25) is 0 Å². The van der Waals surface area contributed by atoms with Crippen LogP contribution in [-0.4, -0.2) is 4.57 Å². The van der Waals surface area contributed by atoms with Gasteiger partial charge in [0.05, 0.1) is 0 Å². The fourth-order valence-electron chi connectivity index (χ4n) is 4.10. The fraction of sp³-hybridized carbons (Fsp3) is 0.217. The number of rotatable bonds is 0. The summed E-state index contributed by atoms with van der Waals surface area (Å²) >= 11 is 1.92. The van der Waals surface area contributed by atoms with Gasteiger partial charge in [-0.25, -0.2) is 0 Å². The number of aromatic nitrogens is 1. The molecule has 1 nitrogen and oxygen atoms in total. The molecular formula is C23H21NS. The van der Waals surface area contributed by atoms with Crippen LogP contribution in [-0.2, 0) is 12.5 Å². The molecule has 0 aliphatic heterocycles. The number of hydrogen-bond acceptors (Lipinski definition) is 1. The predicted molar refractivity (Wildman–Crippen MR) is 112 cm³/mol. The first-order valence-electron chi connectivity index (χ1n) is 8.78. The first-order chi connectivity index (χ1) is 11.9. The van der Waals surface area contributed by atoms with Gasteiger partial charge in [0.25, 0.3) is 0 Å². The van der Waals surface area contributed by atoms with Crippen molar-refractivity contribution >= 4 is 53.3 Å². The second-order valence-electron chi connectivity index (χ2n) is 7.97. The molecule has 0 spiro atoms. The largest absolute Gasteiger partial charge is 0.344 e. The zero-order valence-electron chi connectivity index (χ0n) is 15.1. The summed E-state index contributed by atoms with van der Waals surface area (Å²) in [5.74, 6) is 0. The first kappa shape index (κ1) is 15.0. The van der Waals surface area contributed by atoms with Gasteiger partial charge >= 0.3 is 0 Å². The van der Waals surface area contributed by atoms with E-state index in [0.717, 1.165) is 0 Å². The van der Waals surface area contributed by atoms with E-state index < -0.39 is 0 Å². The summed E-state index contributed by atoms with van der Waals surface area (Å²) in [5, 5.41) is 5.52. The lowest BCUT2D eigenvalue weighted by Gasteiger charge is -2.20. The van der Waals surface area contributed by atoms with Crippen LogP contribution < -0.4 is 0 Å². The molecule has 2 heterocycles. The molecule has 5 rings (SSSR count). The lowest BCUT2D eigenvalue weighted by atomic mass is 9.84. The normalized spacial score (nSPS) is 12.8. The number of fused-ring (bicyclic) bond motifs is 6. The smallest absolute Gasteiger partial charge is 0.0495 e. The summed E-state index contributed by atoms with van der Waals surface area (Å²) in [6, 6.07) is 20.2. The average molecular weight is 343 g/mol. The molecule has 0 radical (unpaired) electrons. The van der Waals surface area contributed by atoms with Gasteiger partial charge in [0.1, 0.15) is 0 Å². The van der Waals surface area contributed by atoms with Crippen LogP contribution in [0.5, 0.6) is 0 Å².